The predicted octanol–water partition coefficient (Wildman–Crippen LogP) is 2.46. The summed E-state index contributed by atoms with van der Waals surface area (Å²) in [4.78, 5) is 23.6. The van der Waals surface area contributed by atoms with Crippen molar-refractivity contribution in [2.45, 2.75) is 26.4 Å². The molecule has 0 aliphatic heterocycles. The molecule has 2 rings (SSSR count). The van der Waals surface area contributed by atoms with E-state index in [9.17, 15) is 9.59 Å². The number of rotatable bonds is 3. The van der Waals surface area contributed by atoms with Crippen LogP contribution in [0.5, 0.6) is 0 Å². The third-order valence-electron chi connectivity index (χ3n) is 2.54. The molecular formula is C12H13BrN2O2S. The summed E-state index contributed by atoms with van der Waals surface area (Å²) in [7, 11) is 0. The van der Waals surface area contributed by atoms with Crippen molar-refractivity contribution in [3.63, 3.8) is 0 Å². The molecule has 0 fully saturated rings. The molecule has 0 spiro atoms. The first kappa shape index (κ1) is 13.3. The lowest BCUT2D eigenvalue weighted by atomic mass is 10.2. The van der Waals surface area contributed by atoms with Crippen LogP contribution in [0.1, 0.15) is 25.5 Å². The summed E-state index contributed by atoms with van der Waals surface area (Å²) in [6.45, 7) is 4.10. The minimum Gasteiger partial charge on any atom is -0.255 e. The van der Waals surface area contributed by atoms with Crippen LogP contribution in [-0.4, -0.2) is 8.52 Å². The number of halogens is 1. The predicted molar refractivity (Wildman–Crippen MR) is 76.5 cm³/mol. The Morgan fingerprint density at radius 2 is 1.83 bits per heavy atom. The van der Waals surface area contributed by atoms with E-state index in [2.05, 4.69) is 15.9 Å². The Morgan fingerprint density at radius 3 is 2.33 bits per heavy atom. The molecule has 2 aromatic rings. The molecule has 0 amide bonds. The average molecular weight is 329 g/mol. The number of nitrogens with zero attached hydrogens (tertiary/aromatic N) is 2. The standard InChI is InChI=1S/C12H13BrN2O2S/c1-8(2)15-11(16)14(12(17)18-15)7-9-3-5-10(13)6-4-9/h3-6,8H,7H2,1-2H3. The fourth-order valence-corrected chi connectivity index (χ4v) is 2.66. The molecule has 1 aromatic carbocycles. The first-order chi connectivity index (χ1) is 8.49. The highest BCUT2D eigenvalue weighted by atomic mass is 79.9. The lowest BCUT2D eigenvalue weighted by Gasteiger charge is -2.03. The zero-order chi connectivity index (χ0) is 13.3. The molecule has 0 saturated carbocycles. The summed E-state index contributed by atoms with van der Waals surface area (Å²) < 4.78 is 3.75. The monoisotopic (exact) mass is 328 g/mol. The smallest absolute Gasteiger partial charge is 0.255 e. The van der Waals surface area contributed by atoms with Gasteiger partial charge in [0.05, 0.1) is 6.54 Å². The van der Waals surface area contributed by atoms with E-state index in [0.717, 1.165) is 21.6 Å². The van der Waals surface area contributed by atoms with E-state index in [4.69, 9.17) is 0 Å². The first-order valence-corrected chi connectivity index (χ1v) is 7.13. The van der Waals surface area contributed by atoms with Gasteiger partial charge in [0.1, 0.15) is 0 Å². The van der Waals surface area contributed by atoms with Crippen molar-refractivity contribution in [2.75, 3.05) is 0 Å². The quantitative estimate of drug-likeness (QED) is 0.868. The third-order valence-corrected chi connectivity index (χ3v) is 4.22. The molecule has 0 atom stereocenters. The lowest BCUT2D eigenvalue weighted by molar-refractivity contribution is 0.588. The van der Waals surface area contributed by atoms with Crippen LogP contribution in [0, 0.1) is 0 Å². The van der Waals surface area contributed by atoms with Crippen molar-refractivity contribution in [1.29, 1.82) is 0 Å². The Hall–Kier alpha value is -1.14. The van der Waals surface area contributed by atoms with Crippen molar-refractivity contribution >= 4 is 27.5 Å². The van der Waals surface area contributed by atoms with Crippen LogP contribution < -0.4 is 10.6 Å². The normalized spacial score (nSPS) is 11.1. The van der Waals surface area contributed by atoms with Gasteiger partial charge in [-0.25, -0.2) is 13.3 Å². The zero-order valence-electron chi connectivity index (χ0n) is 10.1. The second kappa shape index (κ2) is 5.24. The number of hydrogen-bond acceptors (Lipinski definition) is 3. The largest absolute Gasteiger partial charge is 0.341 e. The molecule has 6 heteroatoms. The van der Waals surface area contributed by atoms with Crippen LogP contribution in [0.4, 0.5) is 0 Å². The number of benzene rings is 1. The third kappa shape index (κ3) is 2.64. The van der Waals surface area contributed by atoms with Gasteiger partial charge >= 0.3 is 10.6 Å². The van der Waals surface area contributed by atoms with Gasteiger partial charge in [-0.1, -0.05) is 28.1 Å². The summed E-state index contributed by atoms with van der Waals surface area (Å²) in [6.07, 6.45) is 0. The zero-order valence-corrected chi connectivity index (χ0v) is 12.5. The molecule has 0 unspecified atom stereocenters. The van der Waals surface area contributed by atoms with E-state index < -0.39 is 0 Å². The van der Waals surface area contributed by atoms with Gasteiger partial charge in [-0.15, -0.1) is 0 Å². The van der Waals surface area contributed by atoms with Gasteiger partial charge in [-0.3, -0.25) is 4.79 Å². The maximum atomic E-state index is 12.0. The van der Waals surface area contributed by atoms with Crippen molar-refractivity contribution in [1.82, 2.24) is 8.52 Å². The molecule has 18 heavy (non-hydrogen) atoms. The summed E-state index contributed by atoms with van der Waals surface area (Å²) in [5, 5.41) is 0. The second-order valence-electron chi connectivity index (χ2n) is 4.27. The minimum absolute atomic E-state index is 0.0152. The van der Waals surface area contributed by atoms with Crippen LogP contribution in [0.3, 0.4) is 0 Å². The fraction of sp³-hybridized carbons (Fsp3) is 0.333. The van der Waals surface area contributed by atoms with Crippen molar-refractivity contribution in [3.8, 4) is 0 Å². The van der Waals surface area contributed by atoms with Gasteiger partial charge in [0.25, 0.3) is 0 Å². The summed E-state index contributed by atoms with van der Waals surface area (Å²) in [5.74, 6) is 0. The SMILES string of the molecule is CC(C)n1sc(=O)n(Cc2ccc(Br)cc2)c1=O. The Labute approximate surface area is 117 Å². The second-order valence-corrected chi connectivity index (χ2v) is 6.11. The molecule has 1 aromatic heterocycles. The molecular weight excluding hydrogens is 316 g/mol. The highest BCUT2D eigenvalue weighted by Gasteiger charge is 2.12. The van der Waals surface area contributed by atoms with E-state index >= 15 is 0 Å². The molecule has 96 valence electrons. The minimum atomic E-state index is -0.233. The Balaban J connectivity index is 2.38. The molecule has 0 bridgehead atoms. The fourth-order valence-electron chi connectivity index (χ4n) is 1.60. The maximum absolute atomic E-state index is 12.0. The van der Waals surface area contributed by atoms with Crippen LogP contribution in [-0.2, 0) is 6.54 Å². The van der Waals surface area contributed by atoms with Crippen molar-refractivity contribution in [3.05, 3.63) is 54.5 Å². The van der Waals surface area contributed by atoms with E-state index in [0.29, 0.717) is 6.54 Å². The highest BCUT2D eigenvalue weighted by molar-refractivity contribution is 9.10. The molecule has 4 nitrogen and oxygen atoms in total. The van der Waals surface area contributed by atoms with Gasteiger partial charge in [0, 0.05) is 22.0 Å². The lowest BCUT2D eigenvalue weighted by Crippen LogP contribution is -2.29. The molecule has 0 saturated heterocycles. The van der Waals surface area contributed by atoms with E-state index in [1.807, 2.05) is 38.1 Å². The Kier molecular flexibility index (Phi) is 3.87. The molecule has 0 aliphatic carbocycles. The topological polar surface area (TPSA) is 44.0 Å². The van der Waals surface area contributed by atoms with E-state index in [1.54, 1.807) is 0 Å². The Morgan fingerprint density at radius 1 is 1.22 bits per heavy atom. The first-order valence-electron chi connectivity index (χ1n) is 5.56. The van der Waals surface area contributed by atoms with Crippen LogP contribution in [0.25, 0.3) is 0 Å². The average Bonchev–Trinajstić information content (AvgIpc) is 2.60. The molecule has 0 radical (unpaired) electrons. The van der Waals surface area contributed by atoms with Gasteiger partial charge in [-0.05, 0) is 31.5 Å². The van der Waals surface area contributed by atoms with Gasteiger partial charge < -0.3 is 0 Å². The van der Waals surface area contributed by atoms with Crippen LogP contribution in [0.2, 0.25) is 0 Å². The number of aromatic nitrogens is 2. The van der Waals surface area contributed by atoms with Crippen LogP contribution >= 0.6 is 27.5 Å². The molecule has 0 aliphatic rings. The Bertz CT molecular complexity index is 652. The molecule has 0 N–H and O–H groups in total. The van der Waals surface area contributed by atoms with E-state index in [-0.39, 0.29) is 16.6 Å². The van der Waals surface area contributed by atoms with Crippen LogP contribution in [0.15, 0.2) is 38.3 Å². The van der Waals surface area contributed by atoms with Gasteiger partial charge in [0.15, 0.2) is 0 Å². The summed E-state index contributed by atoms with van der Waals surface area (Å²) in [6, 6.07) is 7.60. The highest BCUT2D eigenvalue weighted by Crippen LogP contribution is 2.11. The van der Waals surface area contributed by atoms with Crippen molar-refractivity contribution in [2.24, 2.45) is 0 Å². The van der Waals surface area contributed by atoms with Crippen molar-refractivity contribution < 1.29 is 0 Å². The number of hydrogen-bond donors (Lipinski definition) is 0. The summed E-state index contributed by atoms with van der Waals surface area (Å²) >= 11 is 4.32. The van der Waals surface area contributed by atoms with Gasteiger partial charge in [-0.2, -0.15) is 0 Å². The van der Waals surface area contributed by atoms with E-state index in [1.165, 1.54) is 8.52 Å². The maximum Gasteiger partial charge on any atom is 0.341 e. The molecule has 1 heterocycles. The summed E-state index contributed by atoms with van der Waals surface area (Å²) in [5.41, 5.74) is 0.703. The van der Waals surface area contributed by atoms with Gasteiger partial charge in [0.2, 0.25) is 0 Å².